The number of unbranched alkanes of at least 4 members (excludes halogenated alkanes) is 2. The molecule has 0 aliphatic heterocycles. The molecule has 2 rings (SSSR count). The fourth-order valence-corrected chi connectivity index (χ4v) is 2.24. The van der Waals surface area contributed by atoms with E-state index in [1.54, 1.807) is 11.3 Å². The van der Waals surface area contributed by atoms with Crippen molar-refractivity contribution in [2.75, 3.05) is 6.61 Å². The highest BCUT2D eigenvalue weighted by Gasteiger charge is 1.98. The number of rotatable bonds is 5. The summed E-state index contributed by atoms with van der Waals surface area (Å²) in [6, 6.07) is 8.25. The van der Waals surface area contributed by atoms with Gasteiger partial charge in [0, 0.05) is 10.1 Å². The van der Waals surface area contributed by atoms with Crippen molar-refractivity contribution in [2.24, 2.45) is 0 Å². The van der Waals surface area contributed by atoms with Gasteiger partial charge in [0.2, 0.25) is 0 Å². The van der Waals surface area contributed by atoms with Gasteiger partial charge in [-0.25, -0.2) is 0 Å². The van der Waals surface area contributed by atoms with Crippen LogP contribution in [0, 0.1) is 5.38 Å². The molecule has 0 fully saturated rings. The first kappa shape index (κ1) is 10.5. The second kappa shape index (κ2) is 5.17. The SMILES string of the molecule is CCCCCOc1ccc2c[c]sc2c1. The van der Waals surface area contributed by atoms with Crippen LogP contribution in [0.2, 0.25) is 0 Å². The highest BCUT2D eigenvalue weighted by Crippen LogP contribution is 2.25. The Labute approximate surface area is 94.7 Å². The van der Waals surface area contributed by atoms with E-state index in [0.29, 0.717) is 0 Å². The summed E-state index contributed by atoms with van der Waals surface area (Å²) in [7, 11) is 0. The summed E-state index contributed by atoms with van der Waals surface area (Å²) in [6.45, 7) is 3.03. The van der Waals surface area contributed by atoms with Crippen LogP contribution in [-0.2, 0) is 0 Å². The molecule has 0 saturated heterocycles. The van der Waals surface area contributed by atoms with Crippen LogP contribution in [0.4, 0.5) is 0 Å². The quantitative estimate of drug-likeness (QED) is 0.682. The first-order valence-electron chi connectivity index (χ1n) is 5.42. The van der Waals surface area contributed by atoms with Crippen molar-refractivity contribution in [3.05, 3.63) is 29.6 Å². The average Bonchev–Trinajstić information content (AvgIpc) is 2.71. The van der Waals surface area contributed by atoms with Crippen LogP contribution in [0.1, 0.15) is 26.2 Å². The minimum atomic E-state index is 0.828. The molecule has 0 spiro atoms. The molecule has 0 saturated carbocycles. The van der Waals surface area contributed by atoms with Crippen LogP contribution in [0.3, 0.4) is 0 Å². The molecule has 1 aromatic heterocycles. The van der Waals surface area contributed by atoms with E-state index in [4.69, 9.17) is 4.74 Å². The van der Waals surface area contributed by atoms with Crippen LogP contribution in [0.15, 0.2) is 24.3 Å². The summed E-state index contributed by atoms with van der Waals surface area (Å²) in [4.78, 5) is 0. The van der Waals surface area contributed by atoms with E-state index in [9.17, 15) is 0 Å². The van der Waals surface area contributed by atoms with Gasteiger partial charge in [-0.2, -0.15) is 0 Å². The minimum Gasteiger partial charge on any atom is -0.494 e. The summed E-state index contributed by atoms with van der Waals surface area (Å²) in [5, 5.41) is 4.38. The smallest absolute Gasteiger partial charge is 0.120 e. The van der Waals surface area contributed by atoms with Crippen molar-refractivity contribution in [3.8, 4) is 5.75 Å². The highest BCUT2D eigenvalue weighted by molar-refractivity contribution is 7.16. The maximum atomic E-state index is 5.68. The molecule has 0 bridgehead atoms. The zero-order valence-corrected chi connectivity index (χ0v) is 9.77. The van der Waals surface area contributed by atoms with E-state index in [1.807, 2.05) is 12.1 Å². The number of ether oxygens (including phenoxy) is 1. The zero-order valence-electron chi connectivity index (χ0n) is 8.95. The van der Waals surface area contributed by atoms with Gasteiger partial charge in [-0.1, -0.05) is 19.8 Å². The first-order chi connectivity index (χ1) is 7.40. The van der Waals surface area contributed by atoms with E-state index in [1.165, 1.54) is 22.9 Å². The molecule has 2 aromatic rings. The van der Waals surface area contributed by atoms with E-state index in [0.717, 1.165) is 18.8 Å². The Balaban J connectivity index is 1.96. The minimum absolute atomic E-state index is 0.828. The summed E-state index contributed by atoms with van der Waals surface area (Å²) >= 11 is 1.64. The Hall–Kier alpha value is -1.02. The van der Waals surface area contributed by atoms with Crippen molar-refractivity contribution < 1.29 is 4.74 Å². The Bertz CT molecular complexity index is 419. The standard InChI is InChI=1S/C13H15OS/c1-2-3-4-8-14-12-6-5-11-7-9-15-13(11)10-12/h5-7,10H,2-4,8H2,1H3. The molecule has 0 aliphatic rings. The van der Waals surface area contributed by atoms with Gasteiger partial charge in [-0.05, 0) is 36.1 Å². The molecule has 0 N–H and O–H groups in total. The largest absolute Gasteiger partial charge is 0.494 e. The monoisotopic (exact) mass is 219 g/mol. The zero-order chi connectivity index (χ0) is 10.5. The predicted molar refractivity (Wildman–Crippen MR) is 65.7 cm³/mol. The van der Waals surface area contributed by atoms with E-state index in [2.05, 4.69) is 24.4 Å². The molecule has 2 heteroatoms. The van der Waals surface area contributed by atoms with Gasteiger partial charge < -0.3 is 4.74 Å². The van der Waals surface area contributed by atoms with Crippen LogP contribution in [0.5, 0.6) is 5.75 Å². The van der Waals surface area contributed by atoms with Crippen LogP contribution in [-0.4, -0.2) is 6.61 Å². The van der Waals surface area contributed by atoms with Gasteiger partial charge in [0.05, 0.1) is 6.61 Å². The van der Waals surface area contributed by atoms with Crippen LogP contribution < -0.4 is 4.74 Å². The Kier molecular flexibility index (Phi) is 3.62. The fourth-order valence-electron chi connectivity index (χ4n) is 1.51. The number of hydrogen-bond donors (Lipinski definition) is 0. The van der Waals surface area contributed by atoms with Crippen molar-refractivity contribution in [1.29, 1.82) is 0 Å². The number of thiophene rings is 1. The molecule has 15 heavy (non-hydrogen) atoms. The predicted octanol–water partition coefficient (Wildman–Crippen LogP) is 4.27. The van der Waals surface area contributed by atoms with Gasteiger partial charge >= 0.3 is 0 Å². The van der Waals surface area contributed by atoms with Crippen molar-refractivity contribution in [3.63, 3.8) is 0 Å². The molecular formula is C13H15OS. The number of hydrogen-bond acceptors (Lipinski definition) is 2. The second-order valence-corrected chi connectivity index (χ2v) is 4.50. The van der Waals surface area contributed by atoms with Gasteiger partial charge in [0.25, 0.3) is 0 Å². The fraction of sp³-hybridized carbons (Fsp3) is 0.385. The Morgan fingerprint density at radius 1 is 1.33 bits per heavy atom. The third-order valence-corrected chi connectivity index (χ3v) is 3.19. The lowest BCUT2D eigenvalue weighted by molar-refractivity contribution is 0.306. The molecule has 1 heterocycles. The van der Waals surface area contributed by atoms with Crippen molar-refractivity contribution >= 4 is 21.4 Å². The second-order valence-electron chi connectivity index (χ2n) is 3.62. The molecule has 1 radical (unpaired) electrons. The van der Waals surface area contributed by atoms with Gasteiger partial charge in [-0.3, -0.25) is 0 Å². The molecule has 0 atom stereocenters. The maximum Gasteiger partial charge on any atom is 0.120 e. The lowest BCUT2D eigenvalue weighted by Gasteiger charge is -2.05. The van der Waals surface area contributed by atoms with E-state index in [-0.39, 0.29) is 0 Å². The lowest BCUT2D eigenvalue weighted by atomic mass is 10.2. The molecule has 1 nitrogen and oxygen atoms in total. The Morgan fingerprint density at radius 3 is 3.13 bits per heavy atom. The summed E-state index contributed by atoms with van der Waals surface area (Å²) in [6.07, 6.45) is 3.63. The molecule has 0 unspecified atom stereocenters. The van der Waals surface area contributed by atoms with Gasteiger partial charge in [0.1, 0.15) is 5.75 Å². The van der Waals surface area contributed by atoms with E-state index < -0.39 is 0 Å². The van der Waals surface area contributed by atoms with Crippen molar-refractivity contribution in [1.82, 2.24) is 0 Å². The average molecular weight is 219 g/mol. The van der Waals surface area contributed by atoms with Gasteiger partial charge in [0.15, 0.2) is 0 Å². The maximum absolute atomic E-state index is 5.68. The lowest BCUT2D eigenvalue weighted by Crippen LogP contribution is -1.96. The topological polar surface area (TPSA) is 9.23 Å². The third-order valence-electron chi connectivity index (χ3n) is 2.38. The summed E-state index contributed by atoms with van der Waals surface area (Å²) in [5.41, 5.74) is 0. The van der Waals surface area contributed by atoms with Crippen LogP contribution >= 0.6 is 11.3 Å². The molecular weight excluding hydrogens is 204 g/mol. The normalized spacial score (nSPS) is 10.7. The van der Waals surface area contributed by atoms with Crippen LogP contribution in [0.25, 0.3) is 10.1 Å². The van der Waals surface area contributed by atoms with E-state index >= 15 is 0 Å². The highest BCUT2D eigenvalue weighted by atomic mass is 32.1. The summed E-state index contributed by atoms with van der Waals surface area (Å²) in [5.74, 6) is 0.981. The molecule has 79 valence electrons. The number of benzene rings is 1. The number of fused-ring (bicyclic) bond motifs is 1. The summed E-state index contributed by atoms with van der Waals surface area (Å²) < 4.78 is 6.93. The molecule has 0 aliphatic carbocycles. The molecule has 0 amide bonds. The third kappa shape index (κ3) is 2.72. The Morgan fingerprint density at radius 2 is 2.27 bits per heavy atom. The van der Waals surface area contributed by atoms with Crippen molar-refractivity contribution in [2.45, 2.75) is 26.2 Å². The van der Waals surface area contributed by atoms with Gasteiger partial charge in [-0.15, -0.1) is 11.3 Å². The first-order valence-corrected chi connectivity index (χ1v) is 6.24. The molecule has 1 aromatic carbocycles.